The highest BCUT2D eigenvalue weighted by molar-refractivity contribution is 7.20. The van der Waals surface area contributed by atoms with Crippen LogP contribution in [-0.2, 0) is 56.0 Å². The van der Waals surface area contributed by atoms with Gasteiger partial charge < -0.3 is 4.74 Å². The van der Waals surface area contributed by atoms with Gasteiger partial charge in [-0.25, -0.2) is 4.79 Å². The van der Waals surface area contributed by atoms with E-state index in [1.165, 1.54) is 6.20 Å². The van der Waals surface area contributed by atoms with Crippen LogP contribution in [0.4, 0.5) is 105 Å². The Morgan fingerprint density at radius 1 is 0.425 bits per heavy atom. The van der Waals surface area contributed by atoms with Crippen molar-refractivity contribution in [3.05, 3.63) is 207 Å². The van der Waals surface area contributed by atoms with Gasteiger partial charge in [-0.15, -0.1) is 0 Å². The van der Waals surface area contributed by atoms with Crippen LogP contribution >= 0.6 is 0 Å². The largest absolute Gasteiger partial charge is 0.419 e. The number of hydrogen-bond donors (Lipinski definition) is 0. The lowest BCUT2D eigenvalue weighted by atomic mass is 9.12. The zero-order valence-corrected chi connectivity index (χ0v) is 39.4. The van der Waals surface area contributed by atoms with Crippen LogP contribution in [0, 0.1) is 6.92 Å². The van der Waals surface area contributed by atoms with E-state index in [-0.39, 0.29) is 0 Å². The first kappa shape index (κ1) is 61.5. The Morgan fingerprint density at radius 3 is 0.988 bits per heavy atom. The van der Waals surface area contributed by atoms with E-state index in [2.05, 4.69) is 4.98 Å². The van der Waals surface area contributed by atoms with Crippen molar-refractivity contribution in [2.75, 3.05) is 0 Å². The normalized spacial score (nSPS) is 13.2. The van der Waals surface area contributed by atoms with E-state index in [0.717, 1.165) is 11.1 Å². The third-order valence-corrected chi connectivity index (χ3v) is 11.9. The first-order valence-corrected chi connectivity index (χ1v) is 22.0. The molecule has 0 N–H and O–H groups in total. The number of hydrogen-bond acceptors (Lipinski definition) is 3. The molecule has 0 saturated carbocycles. The number of halogens is 24. The van der Waals surface area contributed by atoms with Crippen molar-refractivity contribution in [2.45, 2.75) is 62.9 Å². The second kappa shape index (κ2) is 21.7. The molecule has 7 rings (SSSR count). The Bertz CT molecular complexity index is 2920. The maximum atomic E-state index is 14.2. The molecule has 1 aromatic heterocycles. The van der Waals surface area contributed by atoms with E-state index >= 15 is 0 Å². The Morgan fingerprint density at radius 2 is 0.713 bits per heavy atom. The van der Waals surface area contributed by atoms with Gasteiger partial charge in [-0.3, -0.25) is 4.98 Å². The van der Waals surface area contributed by atoms with Crippen molar-refractivity contribution in [3.8, 4) is 5.75 Å². The SMILES string of the molecule is Cc1ccc(OC(=O)c2cncc[n+]2Cc2ccccc2)cc1.FC(F)(F)c1cc([B-](c2cc(C(F)(F)F)cc(C(F)(F)F)c2)(c2cc(C(F)(F)F)cc(C(F)(F)F)c2)c2cc(C(F)(F)F)cc(C(F)(F)F)c2)cc(C(F)(F)F)c1. The second-order valence-corrected chi connectivity index (χ2v) is 17.5. The molecule has 1 heterocycles. The van der Waals surface area contributed by atoms with Gasteiger partial charge in [0.05, 0.1) is 50.7 Å². The minimum atomic E-state index is -6.13. The fourth-order valence-electron chi connectivity index (χ4n) is 8.31. The smallest absolute Gasteiger partial charge is 0.416 e. The summed E-state index contributed by atoms with van der Waals surface area (Å²) in [6, 6.07) is 8.51. The average molecular weight is 1170 g/mol. The van der Waals surface area contributed by atoms with Gasteiger partial charge in [0.15, 0.2) is 12.7 Å². The predicted octanol–water partition coefficient (Wildman–Crippen LogP) is 14.2. The number of carbonyl (C=O) groups is 1. The molecular weight excluding hydrogens is 1140 g/mol. The highest BCUT2D eigenvalue weighted by Gasteiger charge is 2.47. The number of alkyl halides is 24. The minimum Gasteiger partial charge on any atom is -0.419 e. The lowest BCUT2D eigenvalue weighted by Crippen LogP contribution is -2.75. The highest BCUT2D eigenvalue weighted by Crippen LogP contribution is 2.41. The van der Waals surface area contributed by atoms with Crippen molar-refractivity contribution < 1.29 is 119 Å². The fourth-order valence-corrected chi connectivity index (χ4v) is 8.31. The first-order valence-electron chi connectivity index (χ1n) is 22.0. The summed E-state index contributed by atoms with van der Waals surface area (Å²) in [6.07, 6.45) is -49.8. The van der Waals surface area contributed by atoms with Crippen LogP contribution < -0.4 is 31.2 Å². The molecule has 0 spiro atoms. The number of ether oxygens (including phenoxy) is 1. The van der Waals surface area contributed by atoms with Crippen LogP contribution in [0.3, 0.4) is 0 Å². The topological polar surface area (TPSA) is 43.1 Å². The lowest BCUT2D eigenvalue weighted by Gasteiger charge is -2.46. The second-order valence-electron chi connectivity index (χ2n) is 17.5. The molecule has 426 valence electrons. The molecule has 0 aliphatic carbocycles. The molecule has 0 aliphatic rings. The summed E-state index contributed by atoms with van der Waals surface area (Å²) in [5.74, 6) is 0.105. The Kier molecular flexibility index (Phi) is 16.7. The molecule has 0 aliphatic heterocycles. The summed E-state index contributed by atoms with van der Waals surface area (Å²) in [5.41, 5.74) is -27.6. The number of rotatable bonds is 8. The molecule has 0 saturated heterocycles. The first-order chi connectivity index (χ1) is 36.5. The third-order valence-electron chi connectivity index (χ3n) is 11.9. The number of esters is 1. The van der Waals surface area contributed by atoms with Crippen LogP contribution in [0.25, 0.3) is 0 Å². The number of aromatic nitrogens is 2. The Hall–Kier alpha value is -7.75. The van der Waals surface area contributed by atoms with E-state index in [1.54, 1.807) is 24.5 Å². The van der Waals surface area contributed by atoms with Crippen molar-refractivity contribution in [3.63, 3.8) is 0 Å². The molecule has 0 amide bonds. The number of carbonyl (C=O) groups excluding carboxylic acids is 1. The zero-order chi connectivity index (χ0) is 60.0. The summed E-state index contributed by atoms with van der Waals surface area (Å²) < 4.78 is 348. The Balaban J connectivity index is 0.000000370. The van der Waals surface area contributed by atoms with Gasteiger partial charge in [-0.1, -0.05) is 96.6 Å². The van der Waals surface area contributed by atoms with E-state index < -0.39 is 201 Å². The maximum Gasteiger partial charge on any atom is 0.416 e. The fraction of sp³-hybridized carbons (Fsp3) is 0.196. The molecule has 0 unspecified atom stereocenters. The van der Waals surface area contributed by atoms with Gasteiger partial charge in [0.2, 0.25) is 0 Å². The monoisotopic (exact) mass is 1170 g/mol. The summed E-state index contributed by atoms with van der Waals surface area (Å²) in [5, 5.41) is 0. The molecule has 0 radical (unpaired) electrons. The van der Waals surface area contributed by atoms with Gasteiger partial charge in [0.25, 0.3) is 0 Å². The van der Waals surface area contributed by atoms with Crippen LogP contribution in [0.1, 0.15) is 66.1 Å². The van der Waals surface area contributed by atoms with E-state index in [1.807, 2.05) is 54.0 Å². The molecule has 80 heavy (non-hydrogen) atoms. The summed E-state index contributed by atoms with van der Waals surface area (Å²) in [6.45, 7) is 2.57. The zero-order valence-electron chi connectivity index (χ0n) is 39.4. The molecular formula is C51H29BF24N2O2. The molecule has 4 nitrogen and oxygen atoms in total. The standard InChI is InChI=1S/C32H12BF24.C19H17N2O2/c34-25(35,36)13-1-14(26(37,38)39)6-21(5-13)33(22-7-15(27(40,41)42)2-16(8-22)28(43,44)45,23-9-17(29(46,47)48)3-18(10-23)30(49,50)51)24-11-19(31(52,53)54)4-20(12-24)32(55,56)57;1-15-7-9-17(10-8-15)23-19(22)18-13-20-11-12-21(18)14-16-5-3-2-4-6-16/h1-12H;2-13H,14H2,1H3/q-1;+1. The maximum absolute atomic E-state index is 14.2. The highest BCUT2D eigenvalue weighted by atomic mass is 19.4. The summed E-state index contributed by atoms with van der Waals surface area (Å²) in [7, 11) is 0. The number of benzene rings is 6. The van der Waals surface area contributed by atoms with Crippen LogP contribution in [-0.4, -0.2) is 17.1 Å². The van der Waals surface area contributed by atoms with Gasteiger partial charge >= 0.3 is 61.1 Å². The quantitative estimate of drug-likeness (QED) is 0.0501. The Labute approximate surface area is 433 Å². The molecule has 7 aromatic rings. The van der Waals surface area contributed by atoms with Crippen molar-refractivity contribution in [1.29, 1.82) is 0 Å². The van der Waals surface area contributed by atoms with Crippen molar-refractivity contribution >= 4 is 34.0 Å². The summed E-state index contributed by atoms with van der Waals surface area (Å²) in [4.78, 5) is 16.5. The van der Waals surface area contributed by atoms with E-state index in [9.17, 15) is 110 Å². The molecule has 6 aromatic carbocycles. The van der Waals surface area contributed by atoms with Crippen molar-refractivity contribution in [1.82, 2.24) is 4.98 Å². The lowest BCUT2D eigenvalue weighted by molar-refractivity contribution is -0.691. The van der Waals surface area contributed by atoms with Gasteiger partial charge in [-0.05, 0) is 43.3 Å². The number of nitrogens with zero attached hydrogens (tertiary/aromatic N) is 2. The van der Waals surface area contributed by atoms with Crippen LogP contribution in [0.5, 0.6) is 5.75 Å². The summed E-state index contributed by atoms with van der Waals surface area (Å²) >= 11 is 0. The average Bonchev–Trinajstić information content (AvgIpc) is 3.33. The van der Waals surface area contributed by atoms with Crippen LogP contribution in [0.15, 0.2) is 146 Å². The predicted molar refractivity (Wildman–Crippen MR) is 236 cm³/mol. The van der Waals surface area contributed by atoms with E-state index in [0.29, 0.717) is 18.0 Å². The molecule has 29 heteroatoms. The van der Waals surface area contributed by atoms with Gasteiger partial charge in [0, 0.05) is 5.56 Å². The van der Waals surface area contributed by atoms with Gasteiger partial charge in [0.1, 0.15) is 18.1 Å². The molecule has 0 fully saturated rings. The van der Waals surface area contributed by atoms with Crippen LogP contribution in [0.2, 0.25) is 0 Å². The van der Waals surface area contributed by atoms with Crippen molar-refractivity contribution in [2.24, 2.45) is 0 Å². The third kappa shape index (κ3) is 14.3. The molecule has 0 bridgehead atoms. The molecule has 0 atom stereocenters. The minimum absolute atomic E-state index is 0.414. The number of aryl methyl sites for hydroxylation is 1. The van der Waals surface area contributed by atoms with Gasteiger partial charge in [-0.2, -0.15) is 132 Å². The van der Waals surface area contributed by atoms with E-state index in [4.69, 9.17) is 4.74 Å².